The number of carbonyl (C=O) groups is 1. The van der Waals surface area contributed by atoms with Gasteiger partial charge in [-0.3, -0.25) is 0 Å². The highest BCUT2D eigenvalue weighted by Crippen LogP contribution is 2.26. The summed E-state index contributed by atoms with van der Waals surface area (Å²) in [6.07, 6.45) is 5.18. The van der Waals surface area contributed by atoms with E-state index in [2.05, 4.69) is 17.0 Å². The molecule has 28 heavy (non-hydrogen) atoms. The van der Waals surface area contributed by atoms with E-state index in [4.69, 9.17) is 14.2 Å². The van der Waals surface area contributed by atoms with Crippen molar-refractivity contribution in [1.29, 1.82) is 0 Å². The van der Waals surface area contributed by atoms with Crippen LogP contribution in [-0.4, -0.2) is 33.3 Å². The zero-order valence-electron chi connectivity index (χ0n) is 16.5. The quantitative estimate of drug-likeness (QED) is 0.404. The smallest absolute Gasteiger partial charge is 0.341 e. The predicted octanol–water partition coefficient (Wildman–Crippen LogP) is 4.42. The van der Waals surface area contributed by atoms with Gasteiger partial charge in [0.1, 0.15) is 17.9 Å². The van der Waals surface area contributed by atoms with Gasteiger partial charge in [-0.1, -0.05) is 30.3 Å². The highest BCUT2D eigenvalue weighted by atomic mass is 16.5. The number of hydrogen-bond donors (Lipinski definition) is 0. The maximum absolute atomic E-state index is 12.1. The van der Waals surface area contributed by atoms with Crippen LogP contribution in [0.1, 0.15) is 30.4 Å². The molecule has 5 nitrogen and oxygen atoms in total. The van der Waals surface area contributed by atoms with Gasteiger partial charge in [0.05, 0.1) is 20.5 Å². The van der Waals surface area contributed by atoms with Crippen LogP contribution in [0.2, 0.25) is 0 Å². The largest absolute Gasteiger partial charge is 0.503 e. The molecule has 0 spiro atoms. The van der Waals surface area contributed by atoms with E-state index in [0.717, 1.165) is 30.0 Å². The fourth-order valence-corrected chi connectivity index (χ4v) is 3.44. The van der Waals surface area contributed by atoms with Crippen LogP contribution < -0.4 is 9.64 Å². The van der Waals surface area contributed by atoms with Crippen molar-refractivity contribution in [3.63, 3.8) is 0 Å². The third-order valence-corrected chi connectivity index (χ3v) is 4.88. The van der Waals surface area contributed by atoms with Crippen LogP contribution in [0, 0.1) is 0 Å². The second-order valence-corrected chi connectivity index (χ2v) is 6.75. The number of carbonyl (C=O) groups excluding carboxylic acids is 1. The van der Waals surface area contributed by atoms with Crippen LogP contribution in [0.5, 0.6) is 5.75 Å². The highest BCUT2D eigenvalue weighted by Gasteiger charge is 2.17. The van der Waals surface area contributed by atoms with E-state index in [9.17, 15) is 4.79 Å². The lowest BCUT2D eigenvalue weighted by molar-refractivity contribution is -0.133. The first-order chi connectivity index (χ1) is 13.7. The Bertz CT molecular complexity index is 825. The molecule has 1 fully saturated rings. The van der Waals surface area contributed by atoms with Crippen LogP contribution >= 0.6 is 0 Å². The molecule has 0 bridgehead atoms. The number of ether oxygens (including phenoxy) is 3. The number of rotatable bonds is 7. The predicted molar refractivity (Wildman–Crippen MR) is 110 cm³/mol. The molecule has 5 heteroatoms. The summed E-state index contributed by atoms with van der Waals surface area (Å²) in [5.74, 6) is 0.370. The van der Waals surface area contributed by atoms with Crippen molar-refractivity contribution < 1.29 is 19.0 Å². The number of nitrogens with zero attached hydrogens (tertiary/aromatic N) is 1. The molecule has 148 valence electrons. The molecule has 0 aromatic heterocycles. The molecule has 1 heterocycles. The molecule has 0 aliphatic carbocycles. The van der Waals surface area contributed by atoms with E-state index < -0.39 is 5.97 Å². The van der Waals surface area contributed by atoms with E-state index in [-0.39, 0.29) is 0 Å². The molecule has 1 saturated heterocycles. The van der Waals surface area contributed by atoms with Crippen LogP contribution in [0.4, 0.5) is 5.69 Å². The van der Waals surface area contributed by atoms with Gasteiger partial charge in [-0.25, -0.2) is 4.79 Å². The number of esters is 1. The molecule has 0 saturated carbocycles. The van der Waals surface area contributed by atoms with Gasteiger partial charge in [0.15, 0.2) is 0 Å². The second kappa shape index (κ2) is 9.83. The Hall–Kier alpha value is -2.95. The van der Waals surface area contributed by atoms with Gasteiger partial charge in [0, 0.05) is 24.8 Å². The Morgan fingerprint density at radius 2 is 1.82 bits per heavy atom. The van der Waals surface area contributed by atoms with Crippen molar-refractivity contribution in [2.45, 2.75) is 25.9 Å². The minimum atomic E-state index is -0.443. The number of anilines is 1. The zero-order valence-corrected chi connectivity index (χ0v) is 16.5. The molecular weight excluding hydrogens is 354 g/mol. The monoisotopic (exact) mass is 381 g/mol. The molecule has 1 aliphatic rings. The summed E-state index contributed by atoms with van der Waals surface area (Å²) < 4.78 is 16.0. The lowest BCUT2D eigenvalue weighted by Gasteiger charge is -2.29. The SMILES string of the molecule is COC=C(C(=O)OC)c1ccccc1COc1cccc(N2CCCCC2)c1. The van der Waals surface area contributed by atoms with Crippen molar-refractivity contribution in [3.05, 3.63) is 65.9 Å². The normalized spacial score (nSPS) is 14.5. The summed E-state index contributed by atoms with van der Waals surface area (Å²) in [6, 6.07) is 15.8. The molecule has 0 N–H and O–H groups in total. The molecule has 0 amide bonds. The summed E-state index contributed by atoms with van der Waals surface area (Å²) in [5.41, 5.74) is 3.19. The van der Waals surface area contributed by atoms with E-state index in [0.29, 0.717) is 12.2 Å². The summed E-state index contributed by atoms with van der Waals surface area (Å²) >= 11 is 0. The minimum absolute atomic E-state index is 0.345. The molecule has 2 aromatic rings. The summed E-state index contributed by atoms with van der Waals surface area (Å²) in [4.78, 5) is 14.5. The van der Waals surface area contributed by atoms with Crippen molar-refractivity contribution in [2.75, 3.05) is 32.2 Å². The topological polar surface area (TPSA) is 48.0 Å². The number of benzene rings is 2. The first-order valence-electron chi connectivity index (χ1n) is 9.60. The average molecular weight is 381 g/mol. The fourth-order valence-electron chi connectivity index (χ4n) is 3.44. The molecule has 0 atom stereocenters. The van der Waals surface area contributed by atoms with Gasteiger partial charge in [-0.2, -0.15) is 0 Å². The van der Waals surface area contributed by atoms with Crippen molar-refractivity contribution in [3.8, 4) is 5.75 Å². The number of hydrogen-bond acceptors (Lipinski definition) is 5. The Kier molecular flexibility index (Phi) is 6.95. The third kappa shape index (κ3) is 4.85. The Morgan fingerprint density at radius 1 is 1.04 bits per heavy atom. The molecule has 0 unspecified atom stereocenters. The Balaban J connectivity index is 1.76. The van der Waals surface area contributed by atoms with Gasteiger partial charge in [0.2, 0.25) is 0 Å². The standard InChI is InChI=1S/C23H27NO4/c1-26-17-22(23(25)27-2)21-12-5-4-9-18(21)16-28-20-11-8-10-19(15-20)24-13-6-3-7-14-24/h4-5,8-12,15,17H,3,6-7,13-14,16H2,1-2H3. The maximum Gasteiger partial charge on any atom is 0.341 e. The van der Waals surface area contributed by atoms with Crippen molar-refractivity contribution in [2.24, 2.45) is 0 Å². The summed E-state index contributed by atoms with van der Waals surface area (Å²) in [6.45, 7) is 2.53. The van der Waals surface area contributed by atoms with E-state index in [1.54, 1.807) is 0 Å². The lowest BCUT2D eigenvalue weighted by Crippen LogP contribution is -2.29. The van der Waals surface area contributed by atoms with Gasteiger partial charge >= 0.3 is 5.97 Å². The molecule has 3 rings (SSSR count). The van der Waals surface area contributed by atoms with Crippen LogP contribution in [-0.2, 0) is 20.9 Å². The summed E-state index contributed by atoms with van der Waals surface area (Å²) in [7, 11) is 2.87. The highest BCUT2D eigenvalue weighted by molar-refractivity contribution is 6.16. The third-order valence-electron chi connectivity index (χ3n) is 4.88. The first-order valence-corrected chi connectivity index (χ1v) is 9.60. The number of piperidine rings is 1. The molecule has 2 aromatic carbocycles. The minimum Gasteiger partial charge on any atom is -0.503 e. The van der Waals surface area contributed by atoms with Crippen LogP contribution in [0.3, 0.4) is 0 Å². The fraction of sp³-hybridized carbons (Fsp3) is 0.348. The Morgan fingerprint density at radius 3 is 2.57 bits per heavy atom. The zero-order chi connectivity index (χ0) is 19.8. The van der Waals surface area contributed by atoms with Gasteiger partial charge < -0.3 is 19.1 Å². The van der Waals surface area contributed by atoms with E-state index in [1.807, 2.05) is 36.4 Å². The average Bonchev–Trinajstić information content (AvgIpc) is 2.76. The summed E-state index contributed by atoms with van der Waals surface area (Å²) in [5, 5.41) is 0. The van der Waals surface area contributed by atoms with Gasteiger partial charge in [-0.15, -0.1) is 0 Å². The number of methoxy groups -OCH3 is 2. The Labute approximate surface area is 166 Å². The molecule has 1 aliphatic heterocycles. The van der Waals surface area contributed by atoms with Crippen LogP contribution in [0.15, 0.2) is 54.8 Å². The van der Waals surface area contributed by atoms with E-state index >= 15 is 0 Å². The maximum atomic E-state index is 12.1. The van der Waals surface area contributed by atoms with Crippen molar-refractivity contribution >= 4 is 17.2 Å². The van der Waals surface area contributed by atoms with Crippen molar-refractivity contribution in [1.82, 2.24) is 0 Å². The molecule has 0 radical (unpaired) electrons. The molecular formula is C23H27NO4. The lowest BCUT2D eigenvalue weighted by atomic mass is 10.0. The van der Waals surface area contributed by atoms with Gasteiger partial charge in [-0.05, 0) is 42.5 Å². The first kappa shape index (κ1) is 19.8. The second-order valence-electron chi connectivity index (χ2n) is 6.75. The van der Waals surface area contributed by atoms with Gasteiger partial charge in [0.25, 0.3) is 0 Å². The van der Waals surface area contributed by atoms with E-state index in [1.165, 1.54) is 45.4 Å². The van der Waals surface area contributed by atoms with Crippen LogP contribution in [0.25, 0.3) is 5.57 Å².